The number of nitrogens with zero attached hydrogens (tertiary/aromatic N) is 4. The molecule has 0 fully saturated rings. The van der Waals surface area contributed by atoms with Gasteiger partial charge < -0.3 is 0 Å². The van der Waals surface area contributed by atoms with Crippen LogP contribution in [0.1, 0.15) is 35.9 Å². The Bertz CT molecular complexity index is 717. The molecule has 1 atom stereocenters. The molecule has 0 spiro atoms. The minimum Gasteiger partial charge on any atom is -0.191 e. The molecule has 2 aliphatic rings. The summed E-state index contributed by atoms with van der Waals surface area (Å²) in [5, 5.41) is 14.8. The number of fused-ring (bicyclic) bond motifs is 4. The van der Waals surface area contributed by atoms with Gasteiger partial charge in [-0.1, -0.05) is 36.4 Å². The summed E-state index contributed by atoms with van der Waals surface area (Å²) in [6, 6.07) is 6.67. The molecule has 0 bridgehead atoms. The van der Waals surface area contributed by atoms with Crippen LogP contribution in [0.25, 0.3) is 0 Å². The van der Waals surface area contributed by atoms with Crippen LogP contribution in [0.5, 0.6) is 0 Å². The highest BCUT2D eigenvalue weighted by Gasteiger charge is 2.34. The number of aromatic nitrogens is 3. The standard InChI is InChI=1S/C15H16N4S/c1-3-4-13-16-17-15-19(13)18-14-11-7-9(2)5-6-10(11)8-12(14)20-15/h5-7,12H,3-4,8H2,1-2H3. The van der Waals surface area contributed by atoms with Crippen LogP contribution in [-0.4, -0.2) is 25.8 Å². The normalized spacial score (nSPS) is 19.3. The van der Waals surface area contributed by atoms with Gasteiger partial charge in [-0.2, -0.15) is 9.78 Å². The van der Waals surface area contributed by atoms with E-state index in [0.29, 0.717) is 5.25 Å². The van der Waals surface area contributed by atoms with Crippen molar-refractivity contribution in [2.24, 2.45) is 5.10 Å². The highest BCUT2D eigenvalue weighted by atomic mass is 32.2. The molecular formula is C15H16N4S. The smallest absolute Gasteiger partial charge is 0.191 e. The van der Waals surface area contributed by atoms with Gasteiger partial charge in [-0.25, -0.2) is 0 Å². The predicted octanol–water partition coefficient (Wildman–Crippen LogP) is 2.82. The number of rotatable bonds is 2. The van der Waals surface area contributed by atoms with Crippen LogP contribution in [-0.2, 0) is 12.8 Å². The summed E-state index contributed by atoms with van der Waals surface area (Å²) < 4.78 is 1.94. The van der Waals surface area contributed by atoms with Gasteiger partial charge in [-0.3, -0.25) is 0 Å². The van der Waals surface area contributed by atoms with Crippen LogP contribution in [0.15, 0.2) is 28.5 Å². The number of aryl methyl sites for hydroxylation is 2. The summed E-state index contributed by atoms with van der Waals surface area (Å²) in [5.74, 6) is 0.974. The molecule has 0 saturated carbocycles. The molecule has 2 heterocycles. The van der Waals surface area contributed by atoms with Crippen molar-refractivity contribution in [3.05, 3.63) is 40.7 Å². The molecule has 0 N–H and O–H groups in total. The Morgan fingerprint density at radius 3 is 3.10 bits per heavy atom. The maximum atomic E-state index is 4.86. The molecule has 2 aromatic rings. The molecule has 4 rings (SSSR count). The lowest BCUT2D eigenvalue weighted by Crippen LogP contribution is -2.20. The van der Waals surface area contributed by atoms with Gasteiger partial charge >= 0.3 is 0 Å². The van der Waals surface area contributed by atoms with E-state index in [0.717, 1.165) is 30.2 Å². The molecule has 1 aliphatic heterocycles. The first kappa shape index (κ1) is 12.1. The number of hydrogen-bond acceptors (Lipinski definition) is 4. The topological polar surface area (TPSA) is 43.1 Å². The Balaban J connectivity index is 1.84. The fourth-order valence-electron chi connectivity index (χ4n) is 2.88. The summed E-state index contributed by atoms with van der Waals surface area (Å²) in [6.45, 7) is 4.29. The summed E-state index contributed by atoms with van der Waals surface area (Å²) in [4.78, 5) is 0. The largest absolute Gasteiger partial charge is 0.212 e. The third-order valence-electron chi connectivity index (χ3n) is 3.86. The molecule has 1 aromatic carbocycles. The van der Waals surface area contributed by atoms with Gasteiger partial charge in [0.1, 0.15) is 0 Å². The molecule has 1 aromatic heterocycles. The van der Waals surface area contributed by atoms with Crippen LogP contribution in [0.4, 0.5) is 0 Å². The number of benzene rings is 1. The fourth-order valence-corrected chi connectivity index (χ4v) is 4.01. The molecule has 1 aliphatic carbocycles. The monoisotopic (exact) mass is 284 g/mol. The quantitative estimate of drug-likeness (QED) is 0.851. The molecule has 102 valence electrons. The number of hydrogen-bond donors (Lipinski definition) is 0. The average Bonchev–Trinajstić information content (AvgIpc) is 2.98. The molecule has 5 heteroatoms. The van der Waals surface area contributed by atoms with Crippen LogP contribution < -0.4 is 0 Å². The molecule has 1 unspecified atom stereocenters. The summed E-state index contributed by atoms with van der Waals surface area (Å²) in [7, 11) is 0. The molecule has 0 radical (unpaired) electrons. The minimum absolute atomic E-state index is 0.401. The van der Waals surface area contributed by atoms with E-state index in [9.17, 15) is 0 Å². The Labute approximate surface area is 122 Å². The van der Waals surface area contributed by atoms with Gasteiger partial charge in [-0.05, 0) is 31.4 Å². The maximum Gasteiger partial charge on any atom is 0.212 e. The third-order valence-corrected chi connectivity index (χ3v) is 5.00. The van der Waals surface area contributed by atoms with Crippen molar-refractivity contribution < 1.29 is 0 Å². The molecular weight excluding hydrogens is 268 g/mol. The lowest BCUT2D eigenvalue weighted by atomic mass is 10.1. The van der Waals surface area contributed by atoms with Crippen molar-refractivity contribution in [1.29, 1.82) is 0 Å². The molecule has 0 saturated heterocycles. The van der Waals surface area contributed by atoms with E-state index in [4.69, 9.17) is 5.10 Å². The van der Waals surface area contributed by atoms with Crippen LogP contribution in [0.2, 0.25) is 0 Å². The van der Waals surface area contributed by atoms with Gasteiger partial charge in [0.15, 0.2) is 5.82 Å². The van der Waals surface area contributed by atoms with Crippen LogP contribution in [0, 0.1) is 6.92 Å². The van der Waals surface area contributed by atoms with Crippen LogP contribution >= 0.6 is 11.8 Å². The summed E-state index contributed by atoms with van der Waals surface area (Å²) in [5.41, 5.74) is 5.20. The Morgan fingerprint density at radius 2 is 2.25 bits per heavy atom. The van der Waals surface area contributed by atoms with Gasteiger partial charge in [0.2, 0.25) is 5.16 Å². The van der Waals surface area contributed by atoms with E-state index in [-0.39, 0.29) is 0 Å². The van der Waals surface area contributed by atoms with Gasteiger partial charge in [-0.15, -0.1) is 10.2 Å². The Morgan fingerprint density at radius 1 is 1.35 bits per heavy atom. The second-order valence-electron chi connectivity index (χ2n) is 5.42. The summed E-state index contributed by atoms with van der Waals surface area (Å²) >= 11 is 1.80. The van der Waals surface area contributed by atoms with E-state index in [1.165, 1.54) is 22.4 Å². The van der Waals surface area contributed by atoms with Crippen molar-refractivity contribution in [2.45, 2.75) is 43.5 Å². The van der Waals surface area contributed by atoms with Crippen molar-refractivity contribution >= 4 is 17.5 Å². The number of thioether (sulfide) groups is 1. The maximum absolute atomic E-state index is 4.86. The zero-order valence-electron chi connectivity index (χ0n) is 11.6. The highest BCUT2D eigenvalue weighted by molar-refractivity contribution is 8.00. The summed E-state index contributed by atoms with van der Waals surface area (Å²) in [6.07, 6.45) is 3.04. The highest BCUT2D eigenvalue weighted by Crippen LogP contribution is 2.38. The van der Waals surface area contributed by atoms with Crippen molar-refractivity contribution in [3.63, 3.8) is 0 Å². The van der Waals surface area contributed by atoms with E-state index < -0.39 is 0 Å². The van der Waals surface area contributed by atoms with E-state index in [1.54, 1.807) is 11.8 Å². The van der Waals surface area contributed by atoms with Crippen LogP contribution in [0.3, 0.4) is 0 Å². The van der Waals surface area contributed by atoms with Crippen molar-refractivity contribution in [3.8, 4) is 0 Å². The fraction of sp³-hybridized carbons (Fsp3) is 0.400. The lowest BCUT2D eigenvalue weighted by molar-refractivity contribution is 0.688. The first-order valence-corrected chi connectivity index (χ1v) is 7.94. The third kappa shape index (κ3) is 1.73. The van der Waals surface area contributed by atoms with Crippen molar-refractivity contribution in [2.75, 3.05) is 0 Å². The zero-order chi connectivity index (χ0) is 13.7. The van der Waals surface area contributed by atoms with Gasteiger partial charge in [0.25, 0.3) is 0 Å². The van der Waals surface area contributed by atoms with E-state index in [2.05, 4.69) is 42.2 Å². The Kier molecular flexibility index (Phi) is 2.70. The van der Waals surface area contributed by atoms with E-state index in [1.807, 2.05) is 4.68 Å². The second kappa shape index (κ2) is 4.45. The predicted molar refractivity (Wildman–Crippen MR) is 80.5 cm³/mol. The van der Waals surface area contributed by atoms with E-state index >= 15 is 0 Å². The lowest BCUT2D eigenvalue weighted by Gasteiger charge is -2.17. The van der Waals surface area contributed by atoms with Gasteiger partial charge in [0, 0.05) is 12.0 Å². The molecule has 20 heavy (non-hydrogen) atoms. The zero-order valence-corrected chi connectivity index (χ0v) is 12.4. The molecule has 4 nitrogen and oxygen atoms in total. The SMILES string of the molecule is CCCc1nnc2n1N=C1c3cc(C)ccc3CC1S2. The molecule has 0 amide bonds. The second-order valence-corrected chi connectivity index (χ2v) is 6.59. The Hall–Kier alpha value is -1.62. The van der Waals surface area contributed by atoms with Crippen molar-refractivity contribution in [1.82, 2.24) is 14.9 Å². The minimum atomic E-state index is 0.401. The first-order valence-electron chi connectivity index (χ1n) is 7.06. The average molecular weight is 284 g/mol. The first-order chi connectivity index (χ1) is 9.76. The van der Waals surface area contributed by atoms with Gasteiger partial charge in [0.05, 0.1) is 11.0 Å².